The zero-order valence-electron chi connectivity index (χ0n) is 14.5. The second-order valence-corrected chi connectivity index (χ2v) is 6.49. The largest absolute Gasteiger partial charge is 0.492 e. The van der Waals surface area contributed by atoms with Gasteiger partial charge in [-0.2, -0.15) is 0 Å². The number of hydrogen-bond acceptors (Lipinski definition) is 4. The molecule has 0 heterocycles. The zero-order chi connectivity index (χ0) is 16.8. The summed E-state index contributed by atoms with van der Waals surface area (Å²) in [4.78, 5) is 13.6. The van der Waals surface area contributed by atoms with E-state index in [1.165, 1.54) is 5.56 Å². The van der Waals surface area contributed by atoms with E-state index in [1.807, 2.05) is 53.1 Å². The van der Waals surface area contributed by atoms with Crippen LogP contribution >= 0.6 is 0 Å². The first-order chi connectivity index (χ1) is 10.2. The number of amides is 1. The van der Waals surface area contributed by atoms with Crippen LogP contribution in [0, 0.1) is 0 Å². The van der Waals surface area contributed by atoms with Gasteiger partial charge in [0.25, 0.3) is 0 Å². The monoisotopic (exact) mass is 308 g/mol. The highest BCUT2D eigenvalue weighted by molar-refractivity contribution is 5.67. The third-order valence-electron chi connectivity index (χ3n) is 3.15. The second-order valence-electron chi connectivity index (χ2n) is 6.49. The van der Waals surface area contributed by atoms with Gasteiger partial charge in [0.2, 0.25) is 0 Å². The topological polar surface area (TPSA) is 50.8 Å². The Morgan fingerprint density at radius 3 is 2.59 bits per heavy atom. The molecular formula is C17H28N2O3. The van der Waals surface area contributed by atoms with E-state index in [1.54, 1.807) is 0 Å². The molecule has 0 bridgehead atoms. The van der Waals surface area contributed by atoms with Crippen molar-refractivity contribution in [2.45, 2.75) is 39.3 Å². The van der Waals surface area contributed by atoms with Crippen LogP contribution in [0.2, 0.25) is 0 Å². The number of rotatable bonds is 6. The molecule has 1 aromatic rings. The van der Waals surface area contributed by atoms with Crippen LogP contribution in [-0.4, -0.2) is 43.8 Å². The van der Waals surface area contributed by atoms with Crippen LogP contribution in [0.4, 0.5) is 4.79 Å². The van der Waals surface area contributed by atoms with E-state index in [9.17, 15) is 4.79 Å². The highest BCUT2D eigenvalue weighted by Crippen LogP contribution is 2.21. The molecule has 1 unspecified atom stereocenters. The molecule has 1 atom stereocenters. The van der Waals surface area contributed by atoms with Crippen molar-refractivity contribution in [1.82, 2.24) is 10.2 Å². The van der Waals surface area contributed by atoms with E-state index in [0.29, 0.717) is 19.2 Å². The van der Waals surface area contributed by atoms with Crippen LogP contribution in [0.5, 0.6) is 5.75 Å². The van der Waals surface area contributed by atoms with Crippen LogP contribution < -0.4 is 10.1 Å². The van der Waals surface area contributed by atoms with Gasteiger partial charge in [0.05, 0.1) is 6.54 Å². The molecule has 1 rings (SSSR count). The Kier molecular flexibility index (Phi) is 6.68. The predicted molar refractivity (Wildman–Crippen MR) is 88.3 cm³/mol. The Morgan fingerprint density at radius 2 is 2.00 bits per heavy atom. The first kappa shape index (κ1) is 18.3. The molecule has 0 spiro atoms. The minimum absolute atomic E-state index is 0.323. The molecule has 0 fully saturated rings. The van der Waals surface area contributed by atoms with Gasteiger partial charge in [-0.1, -0.05) is 12.1 Å². The van der Waals surface area contributed by atoms with Gasteiger partial charge >= 0.3 is 6.09 Å². The normalized spacial score (nSPS) is 12.9. The number of ether oxygens (including phenoxy) is 2. The second kappa shape index (κ2) is 8.03. The first-order valence-electron chi connectivity index (χ1n) is 7.55. The highest BCUT2D eigenvalue weighted by Gasteiger charge is 2.15. The zero-order valence-corrected chi connectivity index (χ0v) is 14.5. The van der Waals surface area contributed by atoms with Gasteiger partial charge in [-0.3, -0.25) is 0 Å². The number of carbonyl (C=O) groups excluding carboxylic acids is 1. The Hall–Kier alpha value is -1.75. The maximum atomic E-state index is 11.5. The van der Waals surface area contributed by atoms with Crippen molar-refractivity contribution in [3.63, 3.8) is 0 Å². The molecule has 0 saturated heterocycles. The fourth-order valence-corrected chi connectivity index (χ4v) is 1.80. The van der Waals surface area contributed by atoms with Crippen molar-refractivity contribution in [1.29, 1.82) is 0 Å². The van der Waals surface area contributed by atoms with Crippen molar-refractivity contribution >= 4 is 6.09 Å². The first-order valence-corrected chi connectivity index (χ1v) is 7.55. The van der Waals surface area contributed by atoms with E-state index >= 15 is 0 Å². The highest BCUT2D eigenvalue weighted by atomic mass is 16.6. The smallest absolute Gasteiger partial charge is 0.407 e. The SMILES string of the molecule is CC(c1cccc(OCCNC(=O)OC(C)(C)C)c1)N(C)C. The third-order valence-corrected chi connectivity index (χ3v) is 3.15. The van der Waals surface area contributed by atoms with Gasteiger partial charge in [0.15, 0.2) is 0 Å². The molecule has 0 aliphatic rings. The number of benzene rings is 1. The van der Waals surface area contributed by atoms with Crippen molar-refractivity contribution in [3.8, 4) is 5.75 Å². The Bertz CT molecular complexity index is 481. The number of carbonyl (C=O) groups is 1. The Balaban J connectivity index is 2.40. The minimum atomic E-state index is -0.485. The summed E-state index contributed by atoms with van der Waals surface area (Å²) in [5.41, 5.74) is 0.712. The van der Waals surface area contributed by atoms with Crippen LogP contribution in [-0.2, 0) is 4.74 Å². The summed E-state index contributed by atoms with van der Waals surface area (Å²) in [5, 5.41) is 2.67. The lowest BCUT2D eigenvalue weighted by Crippen LogP contribution is -2.34. The molecule has 0 aromatic heterocycles. The summed E-state index contributed by atoms with van der Waals surface area (Å²) in [6.07, 6.45) is -0.425. The van der Waals surface area contributed by atoms with E-state index in [0.717, 1.165) is 5.75 Å². The van der Waals surface area contributed by atoms with Crippen molar-refractivity contribution in [3.05, 3.63) is 29.8 Å². The Labute approximate surface area is 133 Å². The molecule has 5 heteroatoms. The lowest BCUT2D eigenvalue weighted by molar-refractivity contribution is 0.0520. The van der Waals surface area contributed by atoms with Gasteiger partial charge < -0.3 is 19.7 Å². The van der Waals surface area contributed by atoms with Crippen LogP contribution in [0.25, 0.3) is 0 Å². The van der Waals surface area contributed by atoms with Crippen LogP contribution in [0.3, 0.4) is 0 Å². The lowest BCUT2D eigenvalue weighted by Gasteiger charge is -2.21. The molecule has 0 saturated carbocycles. The standard InChI is InChI=1S/C17H28N2O3/c1-13(19(5)6)14-8-7-9-15(12-14)21-11-10-18-16(20)22-17(2,3)4/h7-9,12-13H,10-11H2,1-6H3,(H,18,20). The summed E-state index contributed by atoms with van der Waals surface area (Å²) in [6.45, 7) is 8.45. The maximum absolute atomic E-state index is 11.5. The van der Waals surface area contributed by atoms with Gasteiger partial charge in [0, 0.05) is 6.04 Å². The molecule has 124 valence electrons. The number of nitrogens with zero attached hydrogens (tertiary/aromatic N) is 1. The van der Waals surface area contributed by atoms with Gasteiger partial charge in [0.1, 0.15) is 18.0 Å². The van der Waals surface area contributed by atoms with E-state index in [-0.39, 0.29) is 0 Å². The summed E-state index contributed by atoms with van der Waals surface area (Å²) >= 11 is 0. The minimum Gasteiger partial charge on any atom is -0.492 e. The Morgan fingerprint density at radius 1 is 1.32 bits per heavy atom. The maximum Gasteiger partial charge on any atom is 0.407 e. The summed E-state index contributed by atoms with van der Waals surface area (Å²) < 4.78 is 10.8. The van der Waals surface area contributed by atoms with E-state index < -0.39 is 11.7 Å². The summed E-state index contributed by atoms with van der Waals surface area (Å²) in [6, 6.07) is 8.32. The number of hydrogen-bond donors (Lipinski definition) is 1. The fourth-order valence-electron chi connectivity index (χ4n) is 1.80. The lowest BCUT2D eigenvalue weighted by atomic mass is 10.1. The average molecular weight is 308 g/mol. The third kappa shape index (κ3) is 6.80. The molecule has 5 nitrogen and oxygen atoms in total. The van der Waals surface area contributed by atoms with Crippen LogP contribution in [0.15, 0.2) is 24.3 Å². The molecule has 1 N–H and O–H groups in total. The van der Waals surface area contributed by atoms with Crippen LogP contribution in [0.1, 0.15) is 39.3 Å². The number of nitrogens with one attached hydrogen (secondary N) is 1. The van der Waals surface area contributed by atoms with Crippen molar-refractivity contribution in [2.24, 2.45) is 0 Å². The average Bonchev–Trinajstić information content (AvgIpc) is 2.41. The molecule has 0 aliphatic carbocycles. The van der Waals surface area contributed by atoms with Gasteiger partial charge in [-0.25, -0.2) is 4.79 Å². The summed E-state index contributed by atoms with van der Waals surface area (Å²) in [5.74, 6) is 0.803. The predicted octanol–water partition coefficient (Wildman–Crippen LogP) is 3.21. The van der Waals surface area contributed by atoms with Crippen molar-refractivity contribution < 1.29 is 14.3 Å². The van der Waals surface area contributed by atoms with Gasteiger partial charge in [-0.15, -0.1) is 0 Å². The molecule has 22 heavy (non-hydrogen) atoms. The summed E-state index contributed by atoms with van der Waals surface area (Å²) in [7, 11) is 4.09. The van der Waals surface area contributed by atoms with E-state index in [4.69, 9.17) is 9.47 Å². The van der Waals surface area contributed by atoms with E-state index in [2.05, 4.69) is 23.2 Å². The van der Waals surface area contributed by atoms with Crippen molar-refractivity contribution in [2.75, 3.05) is 27.2 Å². The molecular weight excluding hydrogens is 280 g/mol. The van der Waals surface area contributed by atoms with Gasteiger partial charge in [-0.05, 0) is 59.5 Å². The fraction of sp³-hybridized carbons (Fsp3) is 0.588. The molecule has 0 aliphatic heterocycles. The molecule has 1 amide bonds. The number of alkyl carbamates (subject to hydrolysis) is 1. The molecule has 0 radical (unpaired) electrons. The quantitative estimate of drug-likeness (QED) is 0.820. The molecule has 1 aromatic carbocycles.